The zero-order chi connectivity index (χ0) is 7.68. The smallest absolute Gasteiger partial charge is 0.212 e. The van der Waals surface area contributed by atoms with Crippen molar-refractivity contribution in [3.8, 4) is 0 Å². The van der Waals surface area contributed by atoms with E-state index in [2.05, 4.69) is 4.98 Å². The number of aromatic nitrogens is 1. The highest BCUT2D eigenvalue weighted by Gasteiger charge is 2.22. The number of hydrogen-bond acceptors (Lipinski definition) is 2. The van der Waals surface area contributed by atoms with E-state index in [1.807, 2.05) is 0 Å². The third kappa shape index (κ3) is 1.74. The van der Waals surface area contributed by atoms with Crippen LogP contribution in [0, 0.1) is 5.95 Å². The third-order valence-corrected chi connectivity index (χ3v) is 1.65. The zero-order valence-electron chi connectivity index (χ0n) is 5.96. The molecule has 3 heteroatoms. The zero-order valence-corrected chi connectivity index (χ0v) is 5.96. The molecule has 1 unspecified atom stereocenters. The number of pyridine rings is 1. The largest absolute Gasteiger partial charge is 0.373 e. The molecule has 2 rings (SSSR count). The van der Waals surface area contributed by atoms with Crippen LogP contribution in [0.2, 0.25) is 0 Å². The fourth-order valence-corrected chi connectivity index (χ4v) is 0.976. The number of rotatable bonds is 2. The van der Waals surface area contributed by atoms with E-state index in [9.17, 15) is 4.39 Å². The van der Waals surface area contributed by atoms with E-state index in [-0.39, 0.29) is 0 Å². The molecule has 2 heterocycles. The first-order chi connectivity index (χ1) is 5.34. The molecule has 0 radical (unpaired) electrons. The molecule has 1 saturated heterocycles. The standard InChI is InChI=1S/C8H8FNO/c9-8-2-1-6(4-10-8)3-7-5-11-7/h1-2,4,7H,3,5H2. The number of nitrogens with zero attached hydrogens (tertiary/aromatic N) is 1. The summed E-state index contributed by atoms with van der Waals surface area (Å²) >= 11 is 0. The highest BCUT2D eigenvalue weighted by atomic mass is 19.1. The topological polar surface area (TPSA) is 25.4 Å². The van der Waals surface area contributed by atoms with Gasteiger partial charge in [-0.2, -0.15) is 4.39 Å². The van der Waals surface area contributed by atoms with Crippen molar-refractivity contribution in [3.05, 3.63) is 29.8 Å². The molecule has 0 saturated carbocycles. The molecule has 11 heavy (non-hydrogen) atoms. The summed E-state index contributed by atoms with van der Waals surface area (Å²) in [5.41, 5.74) is 1.04. The number of ether oxygens (including phenoxy) is 1. The van der Waals surface area contributed by atoms with Crippen LogP contribution in [0.4, 0.5) is 4.39 Å². The van der Waals surface area contributed by atoms with Crippen LogP contribution in [-0.4, -0.2) is 17.7 Å². The second-order valence-electron chi connectivity index (χ2n) is 2.65. The minimum absolute atomic E-state index is 0.349. The van der Waals surface area contributed by atoms with Gasteiger partial charge in [0, 0.05) is 12.6 Å². The number of halogens is 1. The Kier molecular flexibility index (Phi) is 1.58. The first-order valence-corrected chi connectivity index (χ1v) is 3.56. The second-order valence-corrected chi connectivity index (χ2v) is 2.65. The third-order valence-electron chi connectivity index (χ3n) is 1.65. The Balaban J connectivity index is 2.06. The van der Waals surface area contributed by atoms with Gasteiger partial charge in [0.15, 0.2) is 0 Å². The van der Waals surface area contributed by atoms with Crippen molar-refractivity contribution >= 4 is 0 Å². The summed E-state index contributed by atoms with van der Waals surface area (Å²) in [7, 11) is 0. The van der Waals surface area contributed by atoms with Gasteiger partial charge in [0.2, 0.25) is 5.95 Å². The number of hydrogen-bond donors (Lipinski definition) is 0. The van der Waals surface area contributed by atoms with Gasteiger partial charge >= 0.3 is 0 Å². The summed E-state index contributed by atoms with van der Waals surface area (Å²) in [5, 5.41) is 0. The van der Waals surface area contributed by atoms with Gasteiger partial charge in [-0.25, -0.2) is 4.98 Å². The molecule has 1 aliphatic rings. The van der Waals surface area contributed by atoms with E-state index in [0.29, 0.717) is 6.10 Å². The van der Waals surface area contributed by atoms with E-state index in [1.54, 1.807) is 12.3 Å². The Morgan fingerprint density at radius 2 is 2.45 bits per heavy atom. The molecular weight excluding hydrogens is 145 g/mol. The fourth-order valence-electron chi connectivity index (χ4n) is 0.976. The van der Waals surface area contributed by atoms with Gasteiger partial charge in [-0.05, 0) is 11.6 Å². The summed E-state index contributed by atoms with van der Waals surface area (Å²) in [6.45, 7) is 0.831. The SMILES string of the molecule is Fc1ccc(CC2CO2)cn1. The molecule has 0 N–H and O–H groups in total. The Bertz CT molecular complexity index is 243. The molecule has 1 fully saturated rings. The van der Waals surface area contributed by atoms with Crippen LogP contribution in [-0.2, 0) is 11.2 Å². The van der Waals surface area contributed by atoms with Crippen molar-refractivity contribution in [1.82, 2.24) is 4.98 Å². The van der Waals surface area contributed by atoms with Crippen LogP contribution in [0.5, 0.6) is 0 Å². The van der Waals surface area contributed by atoms with E-state index >= 15 is 0 Å². The molecule has 1 aromatic heterocycles. The molecule has 0 bridgehead atoms. The van der Waals surface area contributed by atoms with Crippen LogP contribution in [0.25, 0.3) is 0 Å². The maximum absolute atomic E-state index is 12.3. The van der Waals surface area contributed by atoms with Gasteiger partial charge in [-0.3, -0.25) is 0 Å². The first kappa shape index (κ1) is 6.73. The first-order valence-electron chi connectivity index (χ1n) is 3.56. The van der Waals surface area contributed by atoms with Crippen molar-refractivity contribution in [2.45, 2.75) is 12.5 Å². The molecular formula is C8H8FNO. The van der Waals surface area contributed by atoms with Gasteiger partial charge in [-0.15, -0.1) is 0 Å². The quantitative estimate of drug-likeness (QED) is 0.470. The molecule has 0 amide bonds. The van der Waals surface area contributed by atoms with Gasteiger partial charge < -0.3 is 4.74 Å². The molecule has 0 aliphatic carbocycles. The van der Waals surface area contributed by atoms with E-state index in [4.69, 9.17) is 4.74 Å². The molecule has 1 aromatic rings. The summed E-state index contributed by atoms with van der Waals surface area (Å²) in [6.07, 6.45) is 2.76. The Morgan fingerprint density at radius 1 is 1.64 bits per heavy atom. The van der Waals surface area contributed by atoms with Crippen LogP contribution < -0.4 is 0 Å². The van der Waals surface area contributed by atoms with Gasteiger partial charge in [0.1, 0.15) is 0 Å². The van der Waals surface area contributed by atoms with Crippen LogP contribution >= 0.6 is 0 Å². The predicted molar refractivity (Wildman–Crippen MR) is 37.6 cm³/mol. The summed E-state index contributed by atoms with van der Waals surface area (Å²) in [5.74, 6) is -0.425. The van der Waals surface area contributed by atoms with E-state index in [0.717, 1.165) is 18.6 Å². The number of epoxide rings is 1. The van der Waals surface area contributed by atoms with Gasteiger partial charge in [-0.1, -0.05) is 6.07 Å². The highest BCUT2D eigenvalue weighted by Crippen LogP contribution is 2.15. The van der Waals surface area contributed by atoms with Crippen molar-refractivity contribution in [2.24, 2.45) is 0 Å². The average molecular weight is 153 g/mol. The van der Waals surface area contributed by atoms with Crippen molar-refractivity contribution < 1.29 is 9.13 Å². The molecule has 58 valence electrons. The van der Waals surface area contributed by atoms with E-state index in [1.165, 1.54) is 6.07 Å². The molecule has 0 spiro atoms. The summed E-state index contributed by atoms with van der Waals surface area (Å²) < 4.78 is 17.3. The van der Waals surface area contributed by atoms with Crippen molar-refractivity contribution in [2.75, 3.05) is 6.61 Å². The Labute approximate surface area is 64.0 Å². The van der Waals surface area contributed by atoms with Crippen LogP contribution in [0.15, 0.2) is 18.3 Å². The fraction of sp³-hybridized carbons (Fsp3) is 0.375. The Morgan fingerprint density at radius 3 is 3.00 bits per heavy atom. The van der Waals surface area contributed by atoms with Crippen molar-refractivity contribution in [3.63, 3.8) is 0 Å². The van der Waals surface area contributed by atoms with Gasteiger partial charge in [0.05, 0.1) is 12.7 Å². The van der Waals surface area contributed by atoms with E-state index < -0.39 is 5.95 Å². The maximum atomic E-state index is 12.3. The second kappa shape index (κ2) is 2.58. The minimum atomic E-state index is -0.425. The average Bonchev–Trinajstić information content (AvgIpc) is 2.78. The van der Waals surface area contributed by atoms with Crippen LogP contribution in [0.3, 0.4) is 0 Å². The van der Waals surface area contributed by atoms with Crippen LogP contribution in [0.1, 0.15) is 5.56 Å². The maximum Gasteiger partial charge on any atom is 0.212 e. The lowest BCUT2D eigenvalue weighted by Crippen LogP contribution is -1.94. The minimum Gasteiger partial charge on any atom is -0.373 e. The molecule has 1 aliphatic heterocycles. The molecule has 0 aromatic carbocycles. The highest BCUT2D eigenvalue weighted by molar-refractivity contribution is 5.11. The van der Waals surface area contributed by atoms with Crippen molar-refractivity contribution in [1.29, 1.82) is 0 Å². The normalized spacial score (nSPS) is 21.7. The summed E-state index contributed by atoms with van der Waals surface area (Å²) in [6, 6.07) is 3.11. The lowest BCUT2D eigenvalue weighted by molar-refractivity contribution is 0.407. The molecule has 1 atom stereocenters. The lowest BCUT2D eigenvalue weighted by atomic mass is 10.2. The summed E-state index contributed by atoms with van der Waals surface area (Å²) in [4.78, 5) is 3.54. The van der Waals surface area contributed by atoms with Gasteiger partial charge in [0.25, 0.3) is 0 Å². The predicted octanol–water partition coefficient (Wildman–Crippen LogP) is 1.16. The lowest BCUT2D eigenvalue weighted by Gasteiger charge is -1.94. The monoisotopic (exact) mass is 153 g/mol. The Hall–Kier alpha value is -0.960. The molecule has 2 nitrogen and oxygen atoms in total.